The van der Waals surface area contributed by atoms with Crippen LogP contribution in [-0.2, 0) is 9.84 Å². The molecular formula is C18H15FN5O2S+. The number of benzene rings is 1. The van der Waals surface area contributed by atoms with Gasteiger partial charge < -0.3 is 0 Å². The summed E-state index contributed by atoms with van der Waals surface area (Å²) in [5, 5.41) is -0.259. The molecule has 0 atom stereocenters. The molecule has 3 aromatic heterocycles. The number of imidazole rings is 1. The van der Waals surface area contributed by atoms with E-state index < -0.39 is 9.84 Å². The molecule has 0 aliphatic carbocycles. The molecule has 1 N–H and O–H groups in total. The number of aromatic nitrogens is 5. The first-order valence-corrected chi connectivity index (χ1v) is 9.92. The fraction of sp³-hybridized carbons (Fsp3) is 0.111. The average Bonchev–Trinajstić information content (AvgIpc) is 3.03. The summed E-state index contributed by atoms with van der Waals surface area (Å²) in [5.41, 5.74) is 3.94. The number of hydrogen-bond acceptors (Lipinski definition) is 5. The van der Waals surface area contributed by atoms with Crippen LogP contribution in [0.5, 0.6) is 0 Å². The van der Waals surface area contributed by atoms with Gasteiger partial charge in [0.2, 0.25) is 20.7 Å². The summed E-state index contributed by atoms with van der Waals surface area (Å²) in [7, 11) is -3.56. The molecule has 0 saturated heterocycles. The predicted octanol–water partition coefficient (Wildman–Crippen LogP) is 2.12. The van der Waals surface area contributed by atoms with Crippen molar-refractivity contribution in [3.05, 3.63) is 60.4 Å². The first-order chi connectivity index (χ1) is 12.8. The third-order valence-corrected chi connectivity index (χ3v) is 4.99. The van der Waals surface area contributed by atoms with Crippen LogP contribution in [0.25, 0.3) is 28.3 Å². The maximum Gasteiger partial charge on any atom is 0.306 e. The molecule has 0 amide bonds. The Morgan fingerprint density at radius 3 is 2.52 bits per heavy atom. The van der Waals surface area contributed by atoms with Gasteiger partial charge in [0.25, 0.3) is 0 Å². The van der Waals surface area contributed by atoms with E-state index in [1.54, 1.807) is 30.6 Å². The Kier molecular flexibility index (Phi) is 3.96. The average molecular weight is 384 g/mol. The number of sulfone groups is 1. The van der Waals surface area contributed by atoms with Crippen LogP contribution in [0.2, 0.25) is 0 Å². The molecule has 9 heteroatoms. The van der Waals surface area contributed by atoms with Crippen molar-refractivity contribution in [1.82, 2.24) is 19.9 Å². The Morgan fingerprint density at radius 2 is 1.81 bits per heavy atom. The highest BCUT2D eigenvalue weighted by molar-refractivity contribution is 7.90. The van der Waals surface area contributed by atoms with Crippen LogP contribution in [0, 0.1) is 12.7 Å². The highest BCUT2D eigenvalue weighted by atomic mass is 32.2. The molecular weight excluding hydrogens is 369 g/mol. The van der Waals surface area contributed by atoms with Crippen LogP contribution in [0.15, 0.2) is 54.1 Å². The number of halogens is 1. The van der Waals surface area contributed by atoms with Gasteiger partial charge in [0, 0.05) is 18.0 Å². The zero-order valence-corrected chi connectivity index (χ0v) is 15.3. The summed E-state index contributed by atoms with van der Waals surface area (Å²) in [4.78, 5) is 15.7. The number of fused-ring (bicyclic) bond motifs is 1. The second-order valence-corrected chi connectivity index (χ2v) is 7.99. The molecule has 0 unspecified atom stereocenters. The standard InChI is InChI=1S/C18H14FN5O2S/c1-11-17-23-15(12-3-5-13(19)6-4-12)16(24(17)10-9-20-11)14-7-8-21-18(22-14)27(2,25)26/h3-10H,1-2H3/p+1. The van der Waals surface area contributed by atoms with Gasteiger partial charge in [0.1, 0.15) is 23.4 Å². The molecule has 3 heterocycles. The number of nitrogens with zero attached hydrogens (tertiary/aromatic N) is 4. The van der Waals surface area contributed by atoms with Crippen molar-refractivity contribution in [2.75, 3.05) is 6.26 Å². The van der Waals surface area contributed by atoms with Crippen LogP contribution >= 0.6 is 0 Å². The highest BCUT2D eigenvalue weighted by Gasteiger charge is 2.26. The predicted molar refractivity (Wildman–Crippen MR) is 96.0 cm³/mol. The van der Waals surface area contributed by atoms with Crippen molar-refractivity contribution < 1.29 is 17.2 Å². The number of nitrogens with one attached hydrogen (secondary N) is 1. The van der Waals surface area contributed by atoms with Crippen molar-refractivity contribution >= 4 is 15.5 Å². The van der Waals surface area contributed by atoms with Gasteiger partial charge in [-0.3, -0.25) is 0 Å². The molecule has 0 radical (unpaired) electrons. The second kappa shape index (κ2) is 6.20. The number of aryl methyl sites for hydroxylation is 1. The van der Waals surface area contributed by atoms with Crippen molar-refractivity contribution in [3.8, 4) is 22.6 Å². The monoisotopic (exact) mass is 384 g/mol. The summed E-state index contributed by atoms with van der Waals surface area (Å²) in [6.45, 7) is 1.85. The van der Waals surface area contributed by atoms with E-state index in [-0.39, 0.29) is 11.0 Å². The number of hydrogen-bond donors (Lipinski definition) is 1. The normalized spacial score (nSPS) is 11.8. The van der Waals surface area contributed by atoms with Gasteiger partial charge in [0.05, 0.1) is 6.20 Å². The van der Waals surface area contributed by atoms with E-state index in [0.717, 1.165) is 23.2 Å². The molecule has 27 heavy (non-hydrogen) atoms. The molecule has 136 valence electrons. The van der Waals surface area contributed by atoms with Gasteiger partial charge in [-0.25, -0.2) is 32.7 Å². The lowest BCUT2D eigenvalue weighted by Crippen LogP contribution is -2.23. The largest absolute Gasteiger partial charge is 0.306 e. The minimum atomic E-state index is -3.56. The quantitative estimate of drug-likeness (QED) is 0.431. The van der Waals surface area contributed by atoms with E-state index in [1.165, 1.54) is 18.3 Å². The zero-order valence-electron chi connectivity index (χ0n) is 14.5. The zero-order chi connectivity index (χ0) is 19.2. The van der Waals surface area contributed by atoms with Gasteiger partial charge in [-0.2, -0.15) is 4.40 Å². The lowest BCUT2D eigenvalue weighted by molar-refractivity contribution is -0.498. The first-order valence-electron chi connectivity index (χ1n) is 8.03. The highest BCUT2D eigenvalue weighted by Crippen LogP contribution is 2.29. The van der Waals surface area contributed by atoms with E-state index in [9.17, 15) is 12.8 Å². The molecule has 0 aliphatic rings. The Bertz CT molecular complexity index is 1270. The fourth-order valence-corrected chi connectivity index (χ4v) is 3.40. The smallest absolute Gasteiger partial charge is 0.249 e. The number of aromatic amines is 1. The summed E-state index contributed by atoms with van der Waals surface area (Å²) in [6.07, 6.45) is 5.86. The number of rotatable bonds is 3. The van der Waals surface area contributed by atoms with Crippen molar-refractivity contribution in [2.24, 2.45) is 0 Å². The van der Waals surface area contributed by atoms with Crippen LogP contribution in [0.4, 0.5) is 4.39 Å². The van der Waals surface area contributed by atoms with E-state index in [4.69, 9.17) is 0 Å². The van der Waals surface area contributed by atoms with E-state index in [2.05, 4.69) is 19.9 Å². The van der Waals surface area contributed by atoms with E-state index in [0.29, 0.717) is 17.1 Å². The van der Waals surface area contributed by atoms with Gasteiger partial charge in [0.15, 0.2) is 5.69 Å². The molecule has 0 saturated carbocycles. The lowest BCUT2D eigenvalue weighted by Gasteiger charge is -2.02. The van der Waals surface area contributed by atoms with Crippen LogP contribution < -0.4 is 4.40 Å². The Hall–Kier alpha value is -3.20. The van der Waals surface area contributed by atoms with Gasteiger partial charge in [-0.15, -0.1) is 0 Å². The Labute approximate surface area is 154 Å². The third kappa shape index (κ3) is 3.06. The maximum atomic E-state index is 13.4. The van der Waals surface area contributed by atoms with Crippen molar-refractivity contribution in [3.63, 3.8) is 0 Å². The molecule has 7 nitrogen and oxygen atoms in total. The molecule has 1 aromatic carbocycles. The SMILES string of the molecule is Cc1ncc[n+]2c(-c3ccnc(S(C)(=O)=O)n3)c(-c3ccc(F)cc3)[nH]c12. The maximum absolute atomic E-state index is 13.4. The Morgan fingerprint density at radius 1 is 1.07 bits per heavy atom. The van der Waals surface area contributed by atoms with Crippen LogP contribution in [0.3, 0.4) is 0 Å². The first kappa shape index (κ1) is 17.2. The molecule has 4 rings (SSSR count). The number of H-pyrrole nitrogens is 1. The van der Waals surface area contributed by atoms with E-state index in [1.807, 2.05) is 11.3 Å². The fourth-order valence-electron chi connectivity index (χ4n) is 2.89. The van der Waals surface area contributed by atoms with Crippen LogP contribution in [-0.4, -0.2) is 34.6 Å². The summed E-state index contributed by atoms with van der Waals surface area (Å²) < 4.78 is 39.0. The van der Waals surface area contributed by atoms with E-state index >= 15 is 0 Å². The molecule has 0 spiro atoms. The van der Waals surface area contributed by atoms with Crippen molar-refractivity contribution in [1.29, 1.82) is 0 Å². The van der Waals surface area contributed by atoms with Gasteiger partial charge in [-0.05, 0) is 37.3 Å². The third-order valence-electron chi connectivity index (χ3n) is 4.13. The lowest BCUT2D eigenvalue weighted by atomic mass is 10.1. The molecule has 0 fully saturated rings. The summed E-state index contributed by atoms with van der Waals surface area (Å²) >= 11 is 0. The topological polar surface area (TPSA) is 92.7 Å². The molecule has 4 aromatic rings. The molecule has 0 bridgehead atoms. The van der Waals surface area contributed by atoms with Gasteiger partial charge in [-0.1, -0.05) is 0 Å². The van der Waals surface area contributed by atoms with Crippen LogP contribution in [0.1, 0.15) is 5.69 Å². The van der Waals surface area contributed by atoms with Crippen molar-refractivity contribution in [2.45, 2.75) is 12.1 Å². The minimum absolute atomic E-state index is 0.259. The summed E-state index contributed by atoms with van der Waals surface area (Å²) in [5.74, 6) is -0.344. The second-order valence-electron chi connectivity index (χ2n) is 6.08. The Balaban J connectivity index is 2.06. The summed E-state index contributed by atoms with van der Waals surface area (Å²) in [6, 6.07) is 7.65. The minimum Gasteiger partial charge on any atom is -0.249 e. The molecule has 0 aliphatic heterocycles. The van der Waals surface area contributed by atoms with Gasteiger partial charge >= 0.3 is 5.65 Å².